The van der Waals surface area contributed by atoms with Gasteiger partial charge < -0.3 is 9.47 Å². The molecule has 98 valence electrons. The SMILES string of the molecule is COC(=O)CN(CC(=O)OC)Cc1ncccn1. The Bertz CT molecular complexity index is 379. The Morgan fingerprint density at radius 3 is 2.06 bits per heavy atom. The molecule has 18 heavy (non-hydrogen) atoms. The molecule has 0 bridgehead atoms. The second kappa shape index (κ2) is 7.33. The third kappa shape index (κ3) is 4.88. The van der Waals surface area contributed by atoms with Gasteiger partial charge in [-0.2, -0.15) is 0 Å². The van der Waals surface area contributed by atoms with Crippen LogP contribution in [0.15, 0.2) is 18.5 Å². The summed E-state index contributed by atoms with van der Waals surface area (Å²) >= 11 is 0. The minimum atomic E-state index is -0.435. The maximum Gasteiger partial charge on any atom is 0.319 e. The molecule has 0 spiro atoms. The minimum Gasteiger partial charge on any atom is -0.468 e. The standard InChI is InChI=1S/C11H15N3O4/c1-17-10(15)7-14(8-11(16)18-2)6-9-12-4-3-5-13-9/h3-5H,6-8H2,1-2H3. The van der Waals surface area contributed by atoms with Crippen LogP contribution < -0.4 is 0 Å². The van der Waals surface area contributed by atoms with Crippen LogP contribution in [-0.2, 0) is 25.6 Å². The molecular weight excluding hydrogens is 238 g/mol. The van der Waals surface area contributed by atoms with Crippen molar-refractivity contribution < 1.29 is 19.1 Å². The van der Waals surface area contributed by atoms with Gasteiger partial charge in [0.25, 0.3) is 0 Å². The molecule has 1 aromatic rings. The predicted octanol–water partition coefficient (Wildman–Crippen LogP) is -0.375. The first-order valence-electron chi connectivity index (χ1n) is 5.27. The first kappa shape index (κ1) is 14.0. The van der Waals surface area contributed by atoms with Gasteiger partial charge in [-0.05, 0) is 6.07 Å². The molecule has 0 saturated carbocycles. The van der Waals surface area contributed by atoms with Crippen molar-refractivity contribution in [1.29, 1.82) is 0 Å². The van der Waals surface area contributed by atoms with Crippen molar-refractivity contribution in [3.63, 3.8) is 0 Å². The monoisotopic (exact) mass is 253 g/mol. The average Bonchev–Trinajstić information content (AvgIpc) is 2.39. The normalized spacial score (nSPS) is 10.2. The summed E-state index contributed by atoms with van der Waals surface area (Å²) in [6.07, 6.45) is 3.19. The Balaban J connectivity index is 2.64. The second-order valence-corrected chi connectivity index (χ2v) is 3.46. The van der Waals surface area contributed by atoms with Gasteiger partial charge in [0, 0.05) is 12.4 Å². The zero-order chi connectivity index (χ0) is 13.4. The van der Waals surface area contributed by atoms with Gasteiger partial charge in [0.05, 0.1) is 33.9 Å². The van der Waals surface area contributed by atoms with Gasteiger partial charge in [-0.1, -0.05) is 0 Å². The van der Waals surface area contributed by atoms with Gasteiger partial charge in [0.1, 0.15) is 5.82 Å². The van der Waals surface area contributed by atoms with Crippen LogP contribution in [0.25, 0.3) is 0 Å². The van der Waals surface area contributed by atoms with Crippen molar-refractivity contribution >= 4 is 11.9 Å². The fraction of sp³-hybridized carbons (Fsp3) is 0.455. The smallest absolute Gasteiger partial charge is 0.319 e. The Kier molecular flexibility index (Phi) is 5.72. The topological polar surface area (TPSA) is 81.6 Å². The van der Waals surface area contributed by atoms with E-state index < -0.39 is 11.9 Å². The first-order valence-corrected chi connectivity index (χ1v) is 5.27. The maximum atomic E-state index is 11.2. The number of ether oxygens (including phenoxy) is 2. The van der Waals surface area contributed by atoms with Crippen molar-refractivity contribution in [2.45, 2.75) is 6.54 Å². The summed E-state index contributed by atoms with van der Waals surface area (Å²) in [6.45, 7) is 0.221. The molecule has 0 amide bonds. The van der Waals surface area contributed by atoms with Crippen LogP contribution >= 0.6 is 0 Å². The van der Waals surface area contributed by atoms with Gasteiger partial charge in [0.15, 0.2) is 0 Å². The van der Waals surface area contributed by atoms with Gasteiger partial charge >= 0.3 is 11.9 Å². The quantitative estimate of drug-likeness (QED) is 0.639. The number of carbonyl (C=O) groups is 2. The molecule has 0 saturated heterocycles. The van der Waals surface area contributed by atoms with E-state index in [1.54, 1.807) is 23.4 Å². The second-order valence-electron chi connectivity index (χ2n) is 3.46. The highest BCUT2D eigenvalue weighted by Crippen LogP contribution is 1.99. The summed E-state index contributed by atoms with van der Waals surface area (Å²) in [4.78, 5) is 32.1. The molecule has 7 nitrogen and oxygen atoms in total. The summed E-state index contributed by atoms with van der Waals surface area (Å²) in [5.41, 5.74) is 0. The molecule has 0 atom stereocenters. The molecule has 0 aliphatic carbocycles. The minimum absolute atomic E-state index is 0.0240. The van der Waals surface area contributed by atoms with Crippen molar-refractivity contribution in [2.75, 3.05) is 27.3 Å². The Morgan fingerprint density at radius 2 is 1.61 bits per heavy atom. The zero-order valence-corrected chi connectivity index (χ0v) is 10.3. The molecule has 1 heterocycles. The fourth-order valence-corrected chi connectivity index (χ4v) is 1.27. The summed E-state index contributed by atoms with van der Waals surface area (Å²) in [5, 5.41) is 0. The molecule has 0 aromatic carbocycles. The molecule has 0 fully saturated rings. The number of aromatic nitrogens is 2. The molecule has 0 aliphatic rings. The van der Waals surface area contributed by atoms with E-state index in [1.807, 2.05) is 0 Å². The lowest BCUT2D eigenvalue weighted by Gasteiger charge is -2.18. The van der Waals surface area contributed by atoms with E-state index in [1.165, 1.54) is 14.2 Å². The fourth-order valence-electron chi connectivity index (χ4n) is 1.27. The van der Waals surface area contributed by atoms with E-state index in [-0.39, 0.29) is 19.6 Å². The van der Waals surface area contributed by atoms with Crippen LogP contribution in [0.5, 0.6) is 0 Å². The zero-order valence-electron chi connectivity index (χ0n) is 10.3. The van der Waals surface area contributed by atoms with Crippen LogP contribution in [0.3, 0.4) is 0 Å². The van der Waals surface area contributed by atoms with E-state index in [0.29, 0.717) is 5.82 Å². The predicted molar refractivity (Wildman–Crippen MR) is 61.3 cm³/mol. The number of rotatable bonds is 6. The van der Waals surface area contributed by atoms with Crippen LogP contribution in [0.2, 0.25) is 0 Å². The molecule has 0 unspecified atom stereocenters. The molecule has 0 N–H and O–H groups in total. The number of carbonyl (C=O) groups excluding carboxylic acids is 2. The van der Waals surface area contributed by atoms with Crippen molar-refractivity contribution in [3.8, 4) is 0 Å². The number of nitrogens with zero attached hydrogens (tertiary/aromatic N) is 3. The number of methoxy groups -OCH3 is 2. The first-order chi connectivity index (χ1) is 8.65. The summed E-state index contributed by atoms with van der Waals surface area (Å²) < 4.78 is 9.12. The van der Waals surface area contributed by atoms with E-state index >= 15 is 0 Å². The highest BCUT2D eigenvalue weighted by atomic mass is 16.5. The highest BCUT2D eigenvalue weighted by molar-refractivity contribution is 5.74. The number of hydrogen-bond acceptors (Lipinski definition) is 7. The number of esters is 2. The molecule has 7 heteroatoms. The Labute approximate surface area is 105 Å². The average molecular weight is 253 g/mol. The largest absolute Gasteiger partial charge is 0.468 e. The van der Waals surface area contributed by atoms with E-state index in [0.717, 1.165) is 0 Å². The van der Waals surface area contributed by atoms with Crippen molar-refractivity contribution in [3.05, 3.63) is 24.3 Å². The van der Waals surface area contributed by atoms with Gasteiger partial charge in [-0.15, -0.1) is 0 Å². The van der Waals surface area contributed by atoms with Crippen molar-refractivity contribution in [1.82, 2.24) is 14.9 Å². The van der Waals surface area contributed by atoms with Crippen LogP contribution in [0, 0.1) is 0 Å². The van der Waals surface area contributed by atoms with Crippen LogP contribution in [-0.4, -0.2) is 54.1 Å². The lowest BCUT2D eigenvalue weighted by Crippen LogP contribution is -2.35. The third-order valence-corrected chi connectivity index (χ3v) is 2.15. The lowest BCUT2D eigenvalue weighted by atomic mass is 10.4. The summed E-state index contributed by atoms with van der Waals surface area (Å²) in [6, 6.07) is 1.69. The molecule has 1 rings (SSSR count). The van der Waals surface area contributed by atoms with Gasteiger partial charge in [-0.25, -0.2) is 9.97 Å². The number of hydrogen-bond donors (Lipinski definition) is 0. The molecule has 0 radical (unpaired) electrons. The third-order valence-electron chi connectivity index (χ3n) is 2.15. The molecule has 0 aliphatic heterocycles. The Hall–Kier alpha value is -2.02. The lowest BCUT2D eigenvalue weighted by molar-refractivity contribution is -0.145. The Morgan fingerprint density at radius 1 is 1.11 bits per heavy atom. The maximum absolute atomic E-state index is 11.2. The molecular formula is C11H15N3O4. The van der Waals surface area contributed by atoms with Crippen LogP contribution in [0.1, 0.15) is 5.82 Å². The van der Waals surface area contributed by atoms with E-state index in [2.05, 4.69) is 19.4 Å². The highest BCUT2D eigenvalue weighted by Gasteiger charge is 2.16. The van der Waals surface area contributed by atoms with Crippen molar-refractivity contribution in [2.24, 2.45) is 0 Å². The van der Waals surface area contributed by atoms with Gasteiger partial charge in [-0.3, -0.25) is 14.5 Å². The van der Waals surface area contributed by atoms with Crippen LogP contribution in [0.4, 0.5) is 0 Å². The summed E-state index contributed by atoms with van der Waals surface area (Å²) in [5.74, 6) is -0.352. The van der Waals surface area contributed by atoms with E-state index in [4.69, 9.17) is 0 Å². The van der Waals surface area contributed by atoms with Gasteiger partial charge in [0.2, 0.25) is 0 Å². The van der Waals surface area contributed by atoms with E-state index in [9.17, 15) is 9.59 Å². The summed E-state index contributed by atoms with van der Waals surface area (Å²) in [7, 11) is 2.58. The molecule has 1 aromatic heterocycles.